The molecule has 0 fully saturated rings. The third kappa shape index (κ3) is 7.53. The smallest absolute Gasteiger partial charge is 0.264 e. The average molecular weight is 568 g/mol. The number of hydrogen-bond donors (Lipinski definition) is 1. The van der Waals surface area contributed by atoms with Crippen LogP contribution in [0.5, 0.6) is 11.5 Å². The number of nitrogens with one attached hydrogen (secondary N) is 1. The Hall–Kier alpha value is -4.05. The SMILES string of the molecule is CCCNC(=O)[C@@H](C)N(CCc1ccccc1)C(=O)CN(c1cc(OC)ccc1OC)S(=O)(=O)c1ccccc1. The predicted octanol–water partition coefficient (Wildman–Crippen LogP) is 3.89. The first-order valence-corrected chi connectivity index (χ1v) is 14.6. The van der Waals surface area contributed by atoms with Crippen LogP contribution in [-0.4, -0.2) is 65.0 Å². The molecular weight excluding hydrogens is 530 g/mol. The van der Waals surface area contributed by atoms with Crippen LogP contribution in [0.2, 0.25) is 0 Å². The van der Waals surface area contributed by atoms with Crippen LogP contribution >= 0.6 is 0 Å². The van der Waals surface area contributed by atoms with Crippen LogP contribution in [0.4, 0.5) is 5.69 Å². The van der Waals surface area contributed by atoms with Crippen LogP contribution in [0.1, 0.15) is 25.8 Å². The zero-order chi connectivity index (χ0) is 29.1. The summed E-state index contributed by atoms with van der Waals surface area (Å²) in [6.45, 7) is 3.73. The lowest BCUT2D eigenvalue weighted by Crippen LogP contribution is -2.52. The van der Waals surface area contributed by atoms with Gasteiger partial charge in [-0.3, -0.25) is 13.9 Å². The summed E-state index contributed by atoms with van der Waals surface area (Å²) in [5.41, 5.74) is 1.13. The first-order chi connectivity index (χ1) is 19.2. The second kappa shape index (κ2) is 14.4. The van der Waals surface area contributed by atoms with Crippen LogP contribution in [0.25, 0.3) is 0 Å². The second-order valence-corrected chi connectivity index (χ2v) is 11.0. The first-order valence-electron chi connectivity index (χ1n) is 13.1. The molecule has 1 N–H and O–H groups in total. The topological polar surface area (TPSA) is 105 Å². The number of carbonyl (C=O) groups is 2. The number of benzene rings is 3. The third-order valence-electron chi connectivity index (χ3n) is 6.47. The zero-order valence-electron chi connectivity index (χ0n) is 23.4. The molecule has 0 saturated carbocycles. The van der Waals surface area contributed by atoms with Crippen molar-refractivity contribution >= 4 is 27.5 Å². The van der Waals surface area contributed by atoms with Crippen LogP contribution in [0, 0.1) is 0 Å². The Labute approximate surface area is 236 Å². The molecule has 10 heteroatoms. The molecule has 0 saturated heterocycles. The van der Waals surface area contributed by atoms with Gasteiger partial charge < -0.3 is 19.7 Å². The van der Waals surface area contributed by atoms with Gasteiger partial charge in [-0.2, -0.15) is 0 Å². The largest absolute Gasteiger partial charge is 0.497 e. The molecule has 0 aliphatic carbocycles. The van der Waals surface area contributed by atoms with Crippen molar-refractivity contribution in [2.45, 2.75) is 37.6 Å². The van der Waals surface area contributed by atoms with Crippen molar-refractivity contribution in [1.82, 2.24) is 10.2 Å². The van der Waals surface area contributed by atoms with E-state index in [9.17, 15) is 18.0 Å². The van der Waals surface area contributed by atoms with Crippen molar-refractivity contribution in [3.8, 4) is 11.5 Å². The summed E-state index contributed by atoms with van der Waals surface area (Å²) < 4.78 is 39.8. The van der Waals surface area contributed by atoms with E-state index in [1.54, 1.807) is 37.3 Å². The van der Waals surface area contributed by atoms with Crippen LogP contribution in [-0.2, 0) is 26.0 Å². The molecule has 3 aromatic carbocycles. The minimum absolute atomic E-state index is 0.0113. The van der Waals surface area contributed by atoms with E-state index in [2.05, 4.69) is 5.32 Å². The molecule has 0 spiro atoms. The van der Waals surface area contributed by atoms with Crippen LogP contribution in [0.15, 0.2) is 83.8 Å². The number of carbonyl (C=O) groups excluding carboxylic acids is 2. The number of hydrogen-bond acceptors (Lipinski definition) is 6. The molecule has 0 bridgehead atoms. The molecule has 0 radical (unpaired) electrons. The van der Waals surface area contributed by atoms with E-state index in [-0.39, 0.29) is 28.8 Å². The maximum atomic E-state index is 14.0. The highest BCUT2D eigenvalue weighted by Gasteiger charge is 2.33. The van der Waals surface area contributed by atoms with Crippen molar-refractivity contribution in [3.63, 3.8) is 0 Å². The maximum absolute atomic E-state index is 14.0. The Bertz CT molecular complexity index is 1370. The fraction of sp³-hybridized carbons (Fsp3) is 0.333. The first kappa shape index (κ1) is 30.5. The molecule has 0 unspecified atom stereocenters. The number of methoxy groups -OCH3 is 2. The monoisotopic (exact) mass is 567 g/mol. The lowest BCUT2D eigenvalue weighted by Gasteiger charge is -2.32. The minimum Gasteiger partial charge on any atom is -0.497 e. The highest BCUT2D eigenvalue weighted by atomic mass is 32.2. The Morgan fingerprint density at radius 1 is 0.925 bits per heavy atom. The standard InChI is InChI=1S/C30H37N3O6S/c1-5-19-31-30(35)23(2)32(20-18-24-12-8-6-9-13-24)29(34)22-33(40(36,37)26-14-10-7-11-15-26)27-21-25(38-3)16-17-28(27)39-4/h6-17,21,23H,5,18-20,22H2,1-4H3,(H,31,35)/t23-/m1/s1. The lowest BCUT2D eigenvalue weighted by atomic mass is 10.1. The number of rotatable bonds is 14. The van der Waals surface area contributed by atoms with E-state index < -0.39 is 28.5 Å². The Morgan fingerprint density at radius 3 is 2.17 bits per heavy atom. The molecule has 214 valence electrons. The second-order valence-electron chi connectivity index (χ2n) is 9.15. The van der Waals surface area contributed by atoms with E-state index in [4.69, 9.17) is 9.47 Å². The van der Waals surface area contributed by atoms with E-state index in [0.29, 0.717) is 18.7 Å². The normalized spacial score (nSPS) is 11.8. The highest BCUT2D eigenvalue weighted by Crippen LogP contribution is 2.35. The van der Waals surface area contributed by atoms with Crippen LogP contribution in [0.3, 0.4) is 0 Å². The van der Waals surface area contributed by atoms with Crippen molar-refractivity contribution in [2.24, 2.45) is 0 Å². The van der Waals surface area contributed by atoms with Gasteiger partial charge in [0.2, 0.25) is 11.8 Å². The summed E-state index contributed by atoms with van der Waals surface area (Å²) >= 11 is 0. The van der Waals surface area contributed by atoms with Gasteiger partial charge in [0.05, 0.1) is 24.8 Å². The minimum atomic E-state index is -4.22. The number of anilines is 1. The summed E-state index contributed by atoms with van der Waals surface area (Å²) in [5.74, 6) is -0.193. The van der Waals surface area contributed by atoms with Gasteiger partial charge in [-0.25, -0.2) is 8.42 Å². The summed E-state index contributed by atoms with van der Waals surface area (Å²) in [7, 11) is -1.33. The molecule has 1 atom stereocenters. The quantitative estimate of drug-likeness (QED) is 0.317. The predicted molar refractivity (Wildman–Crippen MR) is 155 cm³/mol. The number of amides is 2. The molecule has 0 aromatic heterocycles. The van der Waals surface area contributed by atoms with Gasteiger partial charge in [0.1, 0.15) is 24.1 Å². The van der Waals surface area contributed by atoms with Gasteiger partial charge in [-0.1, -0.05) is 55.5 Å². The van der Waals surface area contributed by atoms with Gasteiger partial charge in [0, 0.05) is 19.2 Å². The Morgan fingerprint density at radius 2 is 1.57 bits per heavy atom. The average Bonchev–Trinajstić information content (AvgIpc) is 2.99. The van der Waals surface area contributed by atoms with Crippen molar-refractivity contribution in [3.05, 3.63) is 84.4 Å². The van der Waals surface area contributed by atoms with Gasteiger partial charge in [0.25, 0.3) is 10.0 Å². The van der Waals surface area contributed by atoms with Crippen molar-refractivity contribution in [2.75, 3.05) is 38.2 Å². The maximum Gasteiger partial charge on any atom is 0.264 e. The van der Waals surface area contributed by atoms with Gasteiger partial charge in [0.15, 0.2) is 0 Å². The third-order valence-corrected chi connectivity index (χ3v) is 8.24. The molecule has 9 nitrogen and oxygen atoms in total. The van der Waals surface area contributed by atoms with Crippen molar-refractivity contribution in [1.29, 1.82) is 0 Å². The molecule has 0 aliphatic rings. The summed E-state index contributed by atoms with van der Waals surface area (Å²) in [4.78, 5) is 28.4. The summed E-state index contributed by atoms with van der Waals surface area (Å²) in [6.07, 6.45) is 1.24. The molecule has 3 rings (SSSR count). The van der Waals surface area contributed by atoms with Gasteiger partial charge >= 0.3 is 0 Å². The summed E-state index contributed by atoms with van der Waals surface area (Å²) in [5, 5.41) is 2.84. The van der Waals surface area contributed by atoms with E-state index in [1.165, 1.54) is 37.3 Å². The van der Waals surface area contributed by atoms with Crippen molar-refractivity contribution < 1.29 is 27.5 Å². The number of sulfonamides is 1. The zero-order valence-corrected chi connectivity index (χ0v) is 24.2. The van der Waals surface area contributed by atoms with E-state index in [1.807, 2.05) is 37.3 Å². The van der Waals surface area contributed by atoms with Gasteiger partial charge in [-0.15, -0.1) is 0 Å². The van der Waals surface area contributed by atoms with E-state index >= 15 is 0 Å². The van der Waals surface area contributed by atoms with Gasteiger partial charge in [-0.05, 0) is 49.6 Å². The Balaban J connectivity index is 2.04. The van der Waals surface area contributed by atoms with E-state index in [0.717, 1.165) is 16.3 Å². The lowest BCUT2D eigenvalue weighted by molar-refractivity contribution is -0.138. The number of ether oxygens (including phenoxy) is 2. The molecular formula is C30H37N3O6S. The molecule has 3 aromatic rings. The molecule has 40 heavy (non-hydrogen) atoms. The molecule has 0 heterocycles. The van der Waals surface area contributed by atoms with Crippen LogP contribution < -0.4 is 19.1 Å². The Kier molecular flexibility index (Phi) is 11.0. The highest BCUT2D eigenvalue weighted by molar-refractivity contribution is 7.92. The molecule has 2 amide bonds. The fourth-order valence-corrected chi connectivity index (χ4v) is 5.63. The summed E-state index contributed by atoms with van der Waals surface area (Å²) in [6, 6.07) is 21.4. The number of nitrogens with zero attached hydrogens (tertiary/aromatic N) is 2. The fourth-order valence-electron chi connectivity index (χ4n) is 4.19. The molecule has 0 aliphatic heterocycles.